The zero-order valence-electron chi connectivity index (χ0n) is 15.7. The molecule has 9 heteroatoms. The SMILES string of the molecule is O=C(Oc1ccc(/C=C2\SC(=O)N(Cc3ccc(F)cc3Cl)C2=O)cc1)c1ccco1. The second-order valence-corrected chi connectivity index (χ2v) is 7.84. The van der Waals surface area contributed by atoms with Gasteiger partial charge in [0.1, 0.15) is 11.6 Å². The smallest absolute Gasteiger partial charge is 0.379 e. The molecule has 156 valence electrons. The van der Waals surface area contributed by atoms with E-state index >= 15 is 0 Å². The van der Waals surface area contributed by atoms with Crippen LogP contribution >= 0.6 is 23.4 Å². The van der Waals surface area contributed by atoms with Crippen LogP contribution in [0.25, 0.3) is 6.08 Å². The zero-order chi connectivity index (χ0) is 22.0. The van der Waals surface area contributed by atoms with Crippen LogP contribution in [0.1, 0.15) is 21.7 Å². The van der Waals surface area contributed by atoms with E-state index in [9.17, 15) is 18.8 Å². The van der Waals surface area contributed by atoms with Gasteiger partial charge in [-0.2, -0.15) is 0 Å². The summed E-state index contributed by atoms with van der Waals surface area (Å²) in [5.41, 5.74) is 1.11. The molecule has 0 aliphatic carbocycles. The first-order valence-corrected chi connectivity index (χ1v) is 10.2. The number of hydrogen-bond donors (Lipinski definition) is 0. The van der Waals surface area contributed by atoms with Crippen molar-refractivity contribution in [2.45, 2.75) is 6.54 Å². The average molecular weight is 458 g/mol. The maximum atomic E-state index is 13.2. The molecule has 4 rings (SSSR count). The highest BCUT2D eigenvalue weighted by Crippen LogP contribution is 2.34. The Morgan fingerprint density at radius 1 is 1.16 bits per heavy atom. The number of furan rings is 1. The van der Waals surface area contributed by atoms with E-state index in [0.29, 0.717) is 16.9 Å². The normalized spacial score (nSPS) is 15.0. The van der Waals surface area contributed by atoms with Crippen LogP contribution in [0.15, 0.2) is 70.2 Å². The van der Waals surface area contributed by atoms with Crippen LogP contribution in [0.3, 0.4) is 0 Å². The van der Waals surface area contributed by atoms with Crippen molar-refractivity contribution in [2.24, 2.45) is 0 Å². The van der Waals surface area contributed by atoms with Gasteiger partial charge >= 0.3 is 5.97 Å². The quantitative estimate of drug-likeness (QED) is 0.285. The molecule has 2 heterocycles. The number of rotatable bonds is 5. The Balaban J connectivity index is 1.45. The lowest BCUT2D eigenvalue weighted by molar-refractivity contribution is -0.123. The predicted octanol–water partition coefficient (Wildman–Crippen LogP) is 5.53. The number of halogens is 2. The largest absolute Gasteiger partial charge is 0.457 e. The number of carbonyl (C=O) groups excluding carboxylic acids is 3. The molecule has 2 amide bonds. The lowest BCUT2D eigenvalue weighted by Gasteiger charge is -2.13. The molecule has 0 saturated carbocycles. The lowest BCUT2D eigenvalue weighted by Crippen LogP contribution is -2.27. The highest BCUT2D eigenvalue weighted by atomic mass is 35.5. The topological polar surface area (TPSA) is 76.8 Å². The van der Waals surface area contributed by atoms with Crippen molar-refractivity contribution in [3.8, 4) is 5.75 Å². The number of imide groups is 1. The average Bonchev–Trinajstić information content (AvgIpc) is 3.36. The fraction of sp³-hybridized carbons (Fsp3) is 0.0455. The van der Waals surface area contributed by atoms with Gasteiger partial charge in [-0.05, 0) is 65.4 Å². The second-order valence-electron chi connectivity index (χ2n) is 6.44. The Hall–Kier alpha value is -3.36. The maximum absolute atomic E-state index is 13.2. The summed E-state index contributed by atoms with van der Waals surface area (Å²) < 4.78 is 23.4. The summed E-state index contributed by atoms with van der Waals surface area (Å²) in [6.45, 7) is -0.0528. The predicted molar refractivity (Wildman–Crippen MR) is 113 cm³/mol. The number of ether oxygens (including phenoxy) is 1. The Morgan fingerprint density at radius 3 is 2.61 bits per heavy atom. The van der Waals surface area contributed by atoms with Gasteiger partial charge in [-0.25, -0.2) is 9.18 Å². The number of esters is 1. The van der Waals surface area contributed by atoms with Gasteiger partial charge in [-0.3, -0.25) is 14.5 Å². The van der Waals surface area contributed by atoms with Gasteiger partial charge in [0.2, 0.25) is 5.76 Å². The van der Waals surface area contributed by atoms with Crippen molar-refractivity contribution in [3.63, 3.8) is 0 Å². The van der Waals surface area contributed by atoms with Gasteiger partial charge in [-0.1, -0.05) is 29.8 Å². The van der Waals surface area contributed by atoms with Crippen molar-refractivity contribution in [2.75, 3.05) is 0 Å². The molecule has 0 bridgehead atoms. The third kappa shape index (κ3) is 4.70. The summed E-state index contributed by atoms with van der Waals surface area (Å²) in [6.07, 6.45) is 2.94. The molecular weight excluding hydrogens is 445 g/mol. The fourth-order valence-electron chi connectivity index (χ4n) is 2.79. The molecule has 6 nitrogen and oxygen atoms in total. The van der Waals surface area contributed by atoms with Gasteiger partial charge in [-0.15, -0.1) is 0 Å². The highest BCUT2D eigenvalue weighted by Gasteiger charge is 2.35. The molecule has 3 aromatic rings. The molecule has 1 fully saturated rings. The van der Waals surface area contributed by atoms with Crippen LogP contribution in [0.5, 0.6) is 5.75 Å². The van der Waals surface area contributed by atoms with E-state index in [-0.39, 0.29) is 22.2 Å². The summed E-state index contributed by atoms with van der Waals surface area (Å²) in [5.74, 6) is -1.21. The Bertz CT molecular complexity index is 1190. The molecule has 31 heavy (non-hydrogen) atoms. The molecule has 1 aliphatic heterocycles. The summed E-state index contributed by atoms with van der Waals surface area (Å²) in [4.78, 5) is 38.2. The molecule has 0 atom stereocenters. The number of nitrogens with zero attached hydrogens (tertiary/aromatic N) is 1. The van der Waals surface area contributed by atoms with E-state index in [0.717, 1.165) is 22.7 Å². The third-order valence-corrected chi connectivity index (χ3v) is 5.59. The summed E-state index contributed by atoms with van der Waals surface area (Å²) >= 11 is 6.80. The van der Waals surface area contributed by atoms with Crippen LogP contribution in [-0.2, 0) is 11.3 Å². The van der Waals surface area contributed by atoms with Gasteiger partial charge in [0.05, 0.1) is 17.7 Å². The molecule has 0 spiro atoms. The minimum absolute atomic E-state index is 0.0528. The van der Waals surface area contributed by atoms with Crippen LogP contribution in [0.2, 0.25) is 5.02 Å². The van der Waals surface area contributed by atoms with Crippen molar-refractivity contribution < 1.29 is 27.9 Å². The van der Waals surface area contributed by atoms with Crippen molar-refractivity contribution in [1.82, 2.24) is 4.90 Å². The molecule has 1 aliphatic rings. The van der Waals surface area contributed by atoms with Gasteiger partial charge < -0.3 is 9.15 Å². The Kier molecular flexibility index (Phi) is 5.92. The molecule has 0 radical (unpaired) electrons. The molecule has 1 saturated heterocycles. The van der Waals surface area contributed by atoms with E-state index in [4.69, 9.17) is 20.8 Å². The zero-order valence-corrected chi connectivity index (χ0v) is 17.3. The fourth-order valence-corrected chi connectivity index (χ4v) is 3.86. The van der Waals surface area contributed by atoms with Crippen LogP contribution in [0, 0.1) is 5.82 Å². The Labute approximate surface area is 185 Å². The lowest BCUT2D eigenvalue weighted by atomic mass is 10.2. The van der Waals surface area contributed by atoms with E-state index in [1.807, 2.05) is 0 Å². The Morgan fingerprint density at radius 2 is 1.94 bits per heavy atom. The molecular formula is C22H13ClFNO5S. The molecule has 0 N–H and O–H groups in total. The third-order valence-electron chi connectivity index (χ3n) is 4.33. The van der Waals surface area contributed by atoms with Crippen molar-refractivity contribution in [1.29, 1.82) is 0 Å². The van der Waals surface area contributed by atoms with Crippen LogP contribution in [-0.4, -0.2) is 22.0 Å². The number of carbonyl (C=O) groups is 3. The van der Waals surface area contributed by atoms with Gasteiger partial charge in [0.15, 0.2) is 0 Å². The van der Waals surface area contributed by atoms with E-state index in [2.05, 4.69) is 0 Å². The second kappa shape index (κ2) is 8.79. The van der Waals surface area contributed by atoms with Crippen molar-refractivity contribution >= 4 is 46.6 Å². The summed E-state index contributed by atoms with van der Waals surface area (Å²) in [6, 6.07) is 13.3. The van der Waals surface area contributed by atoms with Crippen LogP contribution < -0.4 is 4.74 Å². The van der Waals surface area contributed by atoms with E-state index in [1.54, 1.807) is 36.4 Å². The number of amides is 2. The first kappa shape index (κ1) is 20.9. The number of benzene rings is 2. The molecule has 1 aromatic heterocycles. The first-order valence-electron chi connectivity index (χ1n) is 8.96. The molecule has 2 aromatic carbocycles. The van der Waals surface area contributed by atoms with Gasteiger partial charge in [0, 0.05) is 5.02 Å². The minimum Gasteiger partial charge on any atom is -0.457 e. The first-order chi connectivity index (χ1) is 14.9. The summed E-state index contributed by atoms with van der Waals surface area (Å²) in [5, 5.41) is -0.302. The minimum atomic E-state index is -0.627. The number of thioether (sulfide) groups is 1. The highest BCUT2D eigenvalue weighted by molar-refractivity contribution is 8.18. The monoisotopic (exact) mass is 457 g/mol. The van der Waals surface area contributed by atoms with Crippen LogP contribution in [0.4, 0.5) is 9.18 Å². The molecule has 0 unspecified atom stereocenters. The van der Waals surface area contributed by atoms with Gasteiger partial charge in [0.25, 0.3) is 11.1 Å². The standard InChI is InChI=1S/C22H13ClFNO5S/c23-17-11-15(24)6-5-14(17)12-25-20(26)19(31-22(25)28)10-13-3-7-16(8-4-13)30-21(27)18-2-1-9-29-18/h1-11H,12H2/b19-10-. The number of hydrogen-bond acceptors (Lipinski definition) is 6. The maximum Gasteiger partial charge on any atom is 0.379 e. The summed E-state index contributed by atoms with van der Waals surface area (Å²) in [7, 11) is 0. The van der Waals surface area contributed by atoms with E-state index in [1.165, 1.54) is 24.5 Å². The van der Waals surface area contributed by atoms with E-state index < -0.39 is 22.9 Å². The van der Waals surface area contributed by atoms with Crippen molar-refractivity contribution in [3.05, 3.63) is 93.5 Å².